The molecule has 1 saturated heterocycles. The van der Waals surface area contributed by atoms with Crippen molar-refractivity contribution in [1.29, 1.82) is 0 Å². The standard InChI is InChI=1S/C23H26N4O2/c1-3-27-16(2)9-10-19(23(27)29)22(28)26-13-11-18(12-14-26)21-20(15-24-25-21)17-7-5-4-6-8-17/h4-10,15,18H,3,11-14H2,1-2H3,(H,24,25). The van der Waals surface area contributed by atoms with Crippen LogP contribution in [0.4, 0.5) is 0 Å². The molecule has 4 rings (SSSR count). The van der Waals surface area contributed by atoms with Crippen LogP contribution in [0.5, 0.6) is 0 Å². The van der Waals surface area contributed by atoms with E-state index in [1.165, 1.54) is 0 Å². The number of likely N-dealkylation sites (tertiary alicyclic amines) is 1. The average molecular weight is 390 g/mol. The minimum absolute atomic E-state index is 0.163. The van der Waals surface area contributed by atoms with Crippen LogP contribution < -0.4 is 5.56 Å². The van der Waals surface area contributed by atoms with E-state index in [2.05, 4.69) is 22.3 Å². The second-order valence-electron chi connectivity index (χ2n) is 7.57. The predicted molar refractivity (Wildman–Crippen MR) is 113 cm³/mol. The van der Waals surface area contributed by atoms with Gasteiger partial charge in [-0.1, -0.05) is 30.3 Å². The molecule has 0 bridgehead atoms. The van der Waals surface area contributed by atoms with Gasteiger partial charge in [0.25, 0.3) is 11.5 Å². The molecule has 3 aromatic rings. The van der Waals surface area contributed by atoms with Crippen LogP contribution in [-0.2, 0) is 6.54 Å². The van der Waals surface area contributed by atoms with Crippen molar-refractivity contribution < 1.29 is 4.79 Å². The first-order valence-electron chi connectivity index (χ1n) is 10.2. The summed E-state index contributed by atoms with van der Waals surface area (Å²) in [5, 5.41) is 7.44. The van der Waals surface area contributed by atoms with Gasteiger partial charge in [0, 0.05) is 42.5 Å². The second kappa shape index (κ2) is 8.07. The zero-order valence-electron chi connectivity index (χ0n) is 16.9. The summed E-state index contributed by atoms with van der Waals surface area (Å²) < 4.78 is 1.65. The van der Waals surface area contributed by atoms with Crippen molar-refractivity contribution in [2.75, 3.05) is 13.1 Å². The number of aryl methyl sites for hydroxylation is 1. The molecule has 3 heterocycles. The van der Waals surface area contributed by atoms with Gasteiger partial charge in [0.05, 0.1) is 6.20 Å². The smallest absolute Gasteiger partial charge is 0.263 e. The molecule has 1 fully saturated rings. The third kappa shape index (κ3) is 3.62. The second-order valence-corrected chi connectivity index (χ2v) is 7.57. The summed E-state index contributed by atoms with van der Waals surface area (Å²) in [5.41, 5.74) is 4.35. The molecule has 0 radical (unpaired) electrons. The highest BCUT2D eigenvalue weighted by Gasteiger charge is 2.28. The number of hydrogen-bond donors (Lipinski definition) is 1. The summed E-state index contributed by atoms with van der Waals surface area (Å²) in [4.78, 5) is 27.4. The molecular formula is C23H26N4O2. The van der Waals surface area contributed by atoms with Crippen molar-refractivity contribution in [3.63, 3.8) is 0 Å². The van der Waals surface area contributed by atoms with Crippen molar-refractivity contribution in [2.45, 2.75) is 39.2 Å². The summed E-state index contributed by atoms with van der Waals surface area (Å²) in [6, 6.07) is 13.7. The average Bonchev–Trinajstić information content (AvgIpc) is 3.24. The van der Waals surface area contributed by atoms with Gasteiger partial charge in [0.2, 0.25) is 0 Å². The number of nitrogens with zero attached hydrogens (tertiary/aromatic N) is 3. The molecule has 6 nitrogen and oxygen atoms in total. The number of rotatable bonds is 4. The normalized spacial score (nSPS) is 14.9. The zero-order valence-corrected chi connectivity index (χ0v) is 16.9. The first kappa shape index (κ1) is 19.2. The first-order chi connectivity index (χ1) is 14.1. The molecule has 29 heavy (non-hydrogen) atoms. The number of carbonyl (C=O) groups excluding carboxylic acids is 1. The summed E-state index contributed by atoms with van der Waals surface area (Å²) >= 11 is 0. The van der Waals surface area contributed by atoms with Crippen molar-refractivity contribution in [1.82, 2.24) is 19.7 Å². The Kier molecular flexibility index (Phi) is 5.34. The number of nitrogens with one attached hydrogen (secondary N) is 1. The SMILES string of the molecule is CCn1c(C)ccc(C(=O)N2CCC(c3[nH]ncc3-c3ccccc3)CC2)c1=O. The summed E-state index contributed by atoms with van der Waals surface area (Å²) in [6.45, 7) is 5.64. The maximum atomic E-state index is 13.0. The fraction of sp³-hybridized carbons (Fsp3) is 0.348. The van der Waals surface area contributed by atoms with Gasteiger partial charge in [0.15, 0.2) is 0 Å². The predicted octanol–water partition coefficient (Wildman–Crippen LogP) is 3.59. The topological polar surface area (TPSA) is 71.0 Å². The van der Waals surface area contributed by atoms with Crippen LogP contribution in [0.3, 0.4) is 0 Å². The monoisotopic (exact) mass is 390 g/mol. The Hall–Kier alpha value is -3.15. The van der Waals surface area contributed by atoms with Gasteiger partial charge >= 0.3 is 0 Å². The molecule has 150 valence electrons. The summed E-state index contributed by atoms with van der Waals surface area (Å²) in [7, 11) is 0. The van der Waals surface area contributed by atoms with Gasteiger partial charge in [-0.25, -0.2) is 0 Å². The van der Waals surface area contributed by atoms with E-state index in [1.54, 1.807) is 15.5 Å². The Balaban J connectivity index is 1.49. The van der Waals surface area contributed by atoms with E-state index >= 15 is 0 Å². The van der Waals surface area contributed by atoms with Crippen molar-refractivity contribution in [3.8, 4) is 11.1 Å². The number of hydrogen-bond acceptors (Lipinski definition) is 3. The van der Waals surface area contributed by atoms with Crippen LogP contribution in [0.15, 0.2) is 53.5 Å². The number of carbonyl (C=O) groups is 1. The third-order valence-corrected chi connectivity index (χ3v) is 5.88. The Morgan fingerprint density at radius 2 is 1.86 bits per heavy atom. The Bertz CT molecular complexity index is 1060. The Morgan fingerprint density at radius 1 is 1.14 bits per heavy atom. The highest BCUT2D eigenvalue weighted by atomic mass is 16.2. The van der Waals surface area contributed by atoms with Crippen LogP contribution in [0.1, 0.15) is 47.4 Å². The number of benzene rings is 1. The van der Waals surface area contributed by atoms with Crippen LogP contribution in [0.2, 0.25) is 0 Å². The maximum absolute atomic E-state index is 13.0. The van der Waals surface area contributed by atoms with E-state index in [1.807, 2.05) is 44.3 Å². The molecule has 1 aliphatic rings. The molecule has 1 N–H and O–H groups in total. The van der Waals surface area contributed by atoms with Gasteiger partial charge < -0.3 is 9.47 Å². The fourth-order valence-corrected chi connectivity index (χ4v) is 4.22. The lowest BCUT2D eigenvalue weighted by Crippen LogP contribution is -2.41. The van der Waals surface area contributed by atoms with Crippen LogP contribution in [0, 0.1) is 6.92 Å². The minimum Gasteiger partial charge on any atom is -0.338 e. The molecule has 0 spiro atoms. The maximum Gasteiger partial charge on any atom is 0.263 e. The number of pyridine rings is 1. The minimum atomic E-state index is -0.195. The van der Waals surface area contributed by atoms with Gasteiger partial charge in [-0.15, -0.1) is 0 Å². The number of piperidine rings is 1. The quantitative estimate of drug-likeness (QED) is 0.740. The van der Waals surface area contributed by atoms with Crippen LogP contribution in [0.25, 0.3) is 11.1 Å². The van der Waals surface area contributed by atoms with E-state index < -0.39 is 0 Å². The van der Waals surface area contributed by atoms with Crippen molar-refractivity contribution in [2.24, 2.45) is 0 Å². The number of H-pyrrole nitrogens is 1. The highest BCUT2D eigenvalue weighted by Crippen LogP contribution is 2.33. The van der Waals surface area contributed by atoms with Gasteiger partial charge in [0.1, 0.15) is 5.56 Å². The lowest BCUT2D eigenvalue weighted by Gasteiger charge is -2.32. The number of amides is 1. The molecule has 1 aromatic carbocycles. The van der Waals surface area contributed by atoms with Crippen LogP contribution >= 0.6 is 0 Å². The summed E-state index contributed by atoms with van der Waals surface area (Å²) in [6.07, 6.45) is 3.57. The molecule has 2 aromatic heterocycles. The van der Waals surface area contributed by atoms with E-state index in [0.29, 0.717) is 25.6 Å². The molecule has 0 aliphatic carbocycles. The van der Waals surface area contributed by atoms with E-state index in [-0.39, 0.29) is 17.0 Å². The molecule has 0 unspecified atom stereocenters. The lowest BCUT2D eigenvalue weighted by atomic mass is 9.89. The van der Waals surface area contributed by atoms with E-state index in [0.717, 1.165) is 35.4 Å². The molecule has 1 aliphatic heterocycles. The molecular weight excluding hydrogens is 364 g/mol. The fourth-order valence-electron chi connectivity index (χ4n) is 4.22. The number of aromatic nitrogens is 3. The highest BCUT2D eigenvalue weighted by molar-refractivity contribution is 5.94. The number of aromatic amines is 1. The largest absolute Gasteiger partial charge is 0.338 e. The van der Waals surface area contributed by atoms with Crippen molar-refractivity contribution in [3.05, 3.63) is 76.0 Å². The molecule has 0 atom stereocenters. The molecule has 0 saturated carbocycles. The molecule has 6 heteroatoms. The van der Waals surface area contributed by atoms with Crippen molar-refractivity contribution >= 4 is 5.91 Å². The van der Waals surface area contributed by atoms with E-state index in [4.69, 9.17) is 0 Å². The van der Waals surface area contributed by atoms with Crippen LogP contribution in [-0.4, -0.2) is 38.7 Å². The van der Waals surface area contributed by atoms with E-state index in [9.17, 15) is 9.59 Å². The Morgan fingerprint density at radius 3 is 2.55 bits per heavy atom. The lowest BCUT2D eigenvalue weighted by molar-refractivity contribution is 0.0709. The third-order valence-electron chi connectivity index (χ3n) is 5.88. The zero-order chi connectivity index (χ0) is 20.4. The first-order valence-corrected chi connectivity index (χ1v) is 10.2. The molecule has 1 amide bonds. The van der Waals surface area contributed by atoms with Gasteiger partial charge in [-0.2, -0.15) is 5.10 Å². The van der Waals surface area contributed by atoms with Gasteiger partial charge in [-0.05, 0) is 44.4 Å². The summed E-state index contributed by atoms with van der Waals surface area (Å²) in [5.74, 6) is 0.158. The Labute approximate surface area is 170 Å². The van der Waals surface area contributed by atoms with Gasteiger partial charge in [-0.3, -0.25) is 14.7 Å².